The number of hydrogen-bond donors (Lipinski definition) is 2. The average molecular weight is 419 g/mol. The van der Waals surface area contributed by atoms with E-state index in [9.17, 15) is 19.7 Å². The molecule has 0 radical (unpaired) electrons. The molecule has 29 heavy (non-hydrogen) atoms. The highest BCUT2D eigenvalue weighted by atomic mass is 35.5. The summed E-state index contributed by atoms with van der Waals surface area (Å²) in [5.41, 5.74) is 0.663. The monoisotopic (exact) mass is 418 g/mol. The summed E-state index contributed by atoms with van der Waals surface area (Å²) in [4.78, 5) is 37.5. The van der Waals surface area contributed by atoms with Gasteiger partial charge < -0.3 is 10.6 Å². The van der Waals surface area contributed by atoms with Crippen molar-refractivity contribution in [2.45, 2.75) is 19.9 Å². The van der Waals surface area contributed by atoms with E-state index >= 15 is 0 Å². The van der Waals surface area contributed by atoms with Crippen LogP contribution in [0.4, 0.5) is 11.4 Å². The van der Waals surface area contributed by atoms with E-state index in [1.165, 1.54) is 18.2 Å². The molecule has 9 heteroatoms. The quantitative estimate of drug-likeness (QED) is 0.479. The molecule has 0 spiro atoms. The van der Waals surface area contributed by atoms with Crippen molar-refractivity contribution >= 4 is 34.8 Å². The van der Waals surface area contributed by atoms with Crippen LogP contribution in [0.25, 0.3) is 0 Å². The fourth-order valence-electron chi connectivity index (χ4n) is 2.93. The number of nitro groups is 1. The van der Waals surface area contributed by atoms with Crippen molar-refractivity contribution in [2.24, 2.45) is 0 Å². The summed E-state index contributed by atoms with van der Waals surface area (Å²) in [5, 5.41) is 16.5. The minimum Gasteiger partial charge on any atom is -0.355 e. The first kappa shape index (κ1) is 22.3. The van der Waals surface area contributed by atoms with Gasteiger partial charge in [0.25, 0.3) is 5.69 Å². The first-order valence-electron chi connectivity index (χ1n) is 9.17. The van der Waals surface area contributed by atoms with Crippen LogP contribution in [0.2, 0.25) is 5.02 Å². The Hall–Kier alpha value is -2.97. The summed E-state index contributed by atoms with van der Waals surface area (Å²) in [5.74, 6) is -0.593. The van der Waals surface area contributed by atoms with E-state index in [1.54, 1.807) is 17.0 Å². The molecule has 1 atom stereocenters. The molecule has 0 aliphatic carbocycles. The summed E-state index contributed by atoms with van der Waals surface area (Å²) < 4.78 is 0. The van der Waals surface area contributed by atoms with Gasteiger partial charge in [-0.05, 0) is 31.2 Å². The second-order valence-corrected chi connectivity index (χ2v) is 6.65. The zero-order valence-electron chi connectivity index (χ0n) is 16.2. The van der Waals surface area contributed by atoms with Crippen LogP contribution in [0.1, 0.15) is 25.5 Å². The molecule has 0 aliphatic rings. The lowest BCUT2D eigenvalue weighted by Gasteiger charge is -2.29. The van der Waals surface area contributed by atoms with Gasteiger partial charge in [-0.1, -0.05) is 48.9 Å². The summed E-state index contributed by atoms with van der Waals surface area (Å²) in [6, 6.07) is 12.4. The van der Waals surface area contributed by atoms with Gasteiger partial charge in [-0.15, -0.1) is 0 Å². The van der Waals surface area contributed by atoms with Crippen LogP contribution >= 0.6 is 11.6 Å². The minimum atomic E-state index is -0.751. The van der Waals surface area contributed by atoms with Gasteiger partial charge in [0.05, 0.1) is 11.5 Å². The second kappa shape index (κ2) is 10.5. The van der Waals surface area contributed by atoms with E-state index in [4.69, 9.17) is 11.6 Å². The van der Waals surface area contributed by atoms with Crippen LogP contribution in [-0.4, -0.2) is 41.3 Å². The predicted molar refractivity (Wildman–Crippen MR) is 112 cm³/mol. The van der Waals surface area contributed by atoms with E-state index in [0.717, 1.165) is 0 Å². The van der Waals surface area contributed by atoms with Crippen molar-refractivity contribution in [2.75, 3.05) is 25.0 Å². The molecule has 2 N–H and O–H groups in total. The molecular formula is C20H23ClN4O4. The number of nitrogens with one attached hydrogen (secondary N) is 2. The van der Waals surface area contributed by atoms with Crippen molar-refractivity contribution in [3.05, 3.63) is 69.2 Å². The van der Waals surface area contributed by atoms with Crippen molar-refractivity contribution in [3.63, 3.8) is 0 Å². The standard InChI is InChI=1S/C20H23ClN4O4/c1-3-22-18(26)13-24(4-2)19(14-8-6-5-7-9-14)20(27)23-15-10-11-16(21)17(12-15)25(28)29/h5-12,19H,3-4,13H2,1-2H3,(H,22,26)(H,23,27). The highest BCUT2D eigenvalue weighted by Crippen LogP contribution is 2.29. The van der Waals surface area contributed by atoms with Crippen LogP contribution in [0.5, 0.6) is 0 Å². The highest BCUT2D eigenvalue weighted by Gasteiger charge is 2.28. The molecule has 0 saturated carbocycles. The minimum absolute atomic E-state index is 0.0148. The van der Waals surface area contributed by atoms with Gasteiger partial charge in [0.2, 0.25) is 11.8 Å². The number of carbonyl (C=O) groups is 2. The largest absolute Gasteiger partial charge is 0.355 e. The summed E-state index contributed by atoms with van der Waals surface area (Å²) in [6.07, 6.45) is 0. The molecule has 0 heterocycles. The molecule has 1 unspecified atom stereocenters. The Balaban J connectivity index is 2.33. The Morgan fingerprint density at radius 3 is 2.45 bits per heavy atom. The highest BCUT2D eigenvalue weighted by molar-refractivity contribution is 6.32. The third kappa shape index (κ3) is 6.00. The number of halogens is 1. The Bertz CT molecular complexity index is 876. The van der Waals surface area contributed by atoms with Gasteiger partial charge in [-0.25, -0.2) is 0 Å². The third-order valence-corrected chi connectivity index (χ3v) is 4.59. The van der Waals surface area contributed by atoms with E-state index in [1.807, 2.05) is 32.0 Å². The normalized spacial score (nSPS) is 11.7. The number of benzene rings is 2. The predicted octanol–water partition coefficient (Wildman–Crippen LogP) is 3.39. The number of likely N-dealkylation sites (N-methyl/N-ethyl adjacent to an activating group) is 2. The maximum atomic E-state index is 13.1. The molecular weight excluding hydrogens is 396 g/mol. The van der Waals surface area contributed by atoms with Gasteiger partial charge >= 0.3 is 0 Å². The fraction of sp³-hybridized carbons (Fsp3) is 0.300. The maximum Gasteiger partial charge on any atom is 0.289 e. The number of nitro benzene ring substituents is 1. The summed E-state index contributed by atoms with van der Waals surface area (Å²) in [7, 11) is 0. The lowest BCUT2D eigenvalue weighted by Crippen LogP contribution is -2.43. The van der Waals surface area contributed by atoms with Gasteiger partial charge in [0.1, 0.15) is 11.1 Å². The molecule has 0 bridgehead atoms. The van der Waals surface area contributed by atoms with Gasteiger partial charge in [0, 0.05) is 18.3 Å². The van der Waals surface area contributed by atoms with Crippen molar-refractivity contribution in [3.8, 4) is 0 Å². The smallest absolute Gasteiger partial charge is 0.289 e. The zero-order valence-corrected chi connectivity index (χ0v) is 17.0. The second-order valence-electron chi connectivity index (χ2n) is 6.24. The van der Waals surface area contributed by atoms with Crippen LogP contribution in [0.15, 0.2) is 48.5 Å². The van der Waals surface area contributed by atoms with Crippen molar-refractivity contribution in [1.29, 1.82) is 0 Å². The fourth-order valence-corrected chi connectivity index (χ4v) is 3.11. The van der Waals surface area contributed by atoms with Crippen LogP contribution in [0, 0.1) is 10.1 Å². The lowest BCUT2D eigenvalue weighted by molar-refractivity contribution is -0.384. The van der Waals surface area contributed by atoms with E-state index in [2.05, 4.69) is 10.6 Å². The molecule has 2 amide bonds. The molecule has 0 saturated heterocycles. The van der Waals surface area contributed by atoms with Gasteiger partial charge in [0.15, 0.2) is 0 Å². The van der Waals surface area contributed by atoms with Crippen molar-refractivity contribution in [1.82, 2.24) is 10.2 Å². The lowest BCUT2D eigenvalue weighted by atomic mass is 10.0. The molecule has 0 aliphatic heterocycles. The Morgan fingerprint density at radius 1 is 1.17 bits per heavy atom. The van der Waals surface area contributed by atoms with Crippen LogP contribution in [0.3, 0.4) is 0 Å². The number of carbonyl (C=O) groups excluding carboxylic acids is 2. The zero-order chi connectivity index (χ0) is 21.4. The Labute approximate surface area is 174 Å². The van der Waals surface area contributed by atoms with Gasteiger partial charge in [-0.2, -0.15) is 0 Å². The van der Waals surface area contributed by atoms with Crippen LogP contribution in [-0.2, 0) is 9.59 Å². The number of anilines is 1. The molecule has 0 fully saturated rings. The van der Waals surface area contributed by atoms with Crippen LogP contribution < -0.4 is 10.6 Å². The number of rotatable bonds is 9. The van der Waals surface area contributed by atoms with E-state index in [0.29, 0.717) is 18.7 Å². The third-order valence-electron chi connectivity index (χ3n) is 4.27. The maximum absolute atomic E-state index is 13.1. The Kier molecular flexibility index (Phi) is 8.11. The SMILES string of the molecule is CCNC(=O)CN(CC)C(C(=O)Nc1ccc(Cl)c([N+](=O)[O-])c1)c1ccccc1. The van der Waals surface area contributed by atoms with Gasteiger partial charge in [-0.3, -0.25) is 24.6 Å². The number of amides is 2. The molecule has 2 rings (SSSR count). The molecule has 154 valence electrons. The van der Waals surface area contributed by atoms with E-state index in [-0.39, 0.29) is 28.8 Å². The Morgan fingerprint density at radius 2 is 1.86 bits per heavy atom. The van der Waals surface area contributed by atoms with E-state index < -0.39 is 16.9 Å². The summed E-state index contributed by atoms with van der Waals surface area (Å²) in [6.45, 7) is 4.66. The molecule has 0 aromatic heterocycles. The molecule has 8 nitrogen and oxygen atoms in total. The first-order valence-corrected chi connectivity index (χ1v) is 9.55. The molecule has 2 aromatic carbocycles. The van der Waals surface area contributed by atoms with Crippen molar-refractivity contribution < 1.29 is 14.5 Å². The topological polar surface area (TPSA) is 105 Å². The summed E-state index contributed by atoms with van der Waals surface area (Å²) >= 11 is 5.84. The first-order chi connectivity index (χ1) is 13.9. The number of nitrogens with zero attached hydrogens (tertiary/aromatic N) is 2. The number of hydrogen-bond acceptors (Lipinski definition) is 5. The average Bonchev–Trinajstić information content (AvgIpc) is 2.69. The molecule has 2 aromatic rings.